The highest BCUT2D eigenvalue weighted by Crippen LogP contribution is 2.43. The third-order valence-electron chi connectivity index (χ3n) is 4.53. The van der Waals surface area contributed by atoms with Crippen LogP contribution in [0.2, 0.25) is 0 Å². The Balaban J connectivity index is 1.84. The molecule has 1 heterocycles. The third-order valence-corrected chi connectivity index (χ3v) is 5.46. The fourth-order valence-corrected chi connectivity index (χ4v) is 3.60. The Labute approximate surface area is 164 Å². The minimum Gasteiger partial charge on any atom is -0.454 e. The first-order valence-corrected chi connectivity index (χ1v) is 9.92. The van der Waals surface area contributed by atoms with Gasteiger partial charge in [0.25, 0.3) is 0 Å². The van der Waals surface area contributed by atoms with E-state index in [-0.39, 0.29) is 11.7 Å². The van der Waals surface area contributed by atoms with E-state index in [0.29, 0.717) is 33.8 Å². The molecule has 0 aromatic heterocycles. The SMILES string of the molecule is NS(=O)(=O)c1ccc(-c2cc3c(cc2-c2ccc(C(F)(F)F)cc2)OCO3)cc1. The quantitative estimate of drug-likeness (QED) is 0.679. The van der Waals surface area contributed by atoms with E-state index < -0.39 is 21.8 Å². The molecular weight excluding hydrogens is 407 g/mol. The molecule has 3 aromatic carbocycles. The van der Waals surface area contributed by atoms with Crippen molar-refractivity contribution >= 4 is 10.0 Å². The summed E-state index contributed by atoms with van der Waals surface area (Å²) in [5.41, 5.74) is 1.70. The van der Waals surface area contributed by atoms with Crippen LogP contribution in [0.15, 0.2) is 65.6 Å². The number of benzene rings is 3. The predicted octanol–water partition coefficient (Wildman–Crippen LogP) is 4.42. The van der Waals surface area contributed by atoms with Crippen molar-refractivity contribution < 1.29 is 31.1 Å². The molecule has 0 radical (unpaired) electrons. The minimum absolute atomic E-state index is 0.0373. The molecule has 0 fully saturated rings. The molecule has 4 rings (SSSR count). The van der Waals surface area contributed by atoms with Gasteiger partial charge < -0.3 is 9.47 Å². The van der Waals surface area contributed by atoms with Crippen molar-refractivity contribution in [2.75, 3.05) is 6.79 Å². The van der Waals surface area contributed by atoms with Crippen molar-refractivity contribution in [1.82, 2.24) is 0 Å². The Morgan fingerprint density at radius 1 is 0.793 bits per heavy atom. The standard InChI is InChI=1S/C20H14F3NO4S/c21-20(22,23)14-5-1-12(2-6-14)16-9-18-19(28-11-27-18)10-17(16)13-3-7-15(8-4-13)29(24,25)26/h1-10H,11H2,(H2,24,25,26). The van der Waals surface area contributed by atoms with E-state index in [2.05, 4.69) is 0 Å². The fourth-order valence-electron chi connectivity index (χ4n) is 3.08. The molecule has 0 amide bonds. The number of hydrogen-bond donors (Lipinski definition) is 1. The lowest BCUT2D eigenvalue weighted by Gasteiger charge is -2.13. The highest BCUT2D eigenvalue weighted by Gasteiger charge is 2.30. The first-order valence-electron chi connectivity index (χ1n) is 8.37. The van der Waals surface area contributed by atoms with Crippen molar-refractivity contribution in [3.05, 3.63) is 66.2 Å². The van der Waals surface area contributed by atoms with Crippen LogP contribution in [0.1, 0.15) is 5.56 Å². The predicted molar refractivity (Wildman–Crippen MR) is 99.8 cm³/mol. The molecule has 0 saturated carbocycles. The van der Waals surface area contributed by atoms with Crippen molar-refractivity contribution in [2.45, 2.75) is 11.1 Å². The molecule has 3 aromatic rings. The Morgan fingerprint density at radius 3 is 1.66 bits per heavy atom. The third kappa shape index (κ3) is 3.79. The van der Waals surface area contributed by atoms with Gasteiger partial charge in [0.1, 0.15) is 0 Å². The molecule has 150 valence electrons. The lowest BCUT2D eigenvalue weighted by molar-refractivity contribution is -0.137. The summed E-state index contributed by atoms with van der Waals surface area (Å²) in [4.78, 5) is -0.0435. The summed E-state index contributed by atoms with van der Waals surface area (Å²) in [5, 5.41) is 5.13. The van der Waals surface area contributed by atoms with Crippen molar-refractivity contribution in [3.63, 3.8) is 0 Å². The highest BCUT2D eigenvalue weighted by molar-refractivity contribution is 7.89. The first kappa shape index (κ1) is 19.3. The molecule has 5 nitrogen and oxygen atoms in total. The van der Waals surface area contributed by atoms with Gasteiger partial charge in [0.2, 0.25) is 16.8 Å². The Morgan fingerprint density at radius 2 is 1.24 bits per heavy atom. The van der Waals surface area contributed by atoms with Crippen LogP contribution >= 0.6 is 0 Å². The Bertz CT molecular complexity index is 1170. The summed E-state index contributed by atoms with van der Waals surface area (Å²) in [7, 11) is -3.84. The number of alkyl halides is 3. The smallest absolute Gasteiger partial charge is 0.416 e. The largest absolute Gasteiger partial charge is 0.454 e. The molecule has 0 aliphatic carbocycles. The van der Waals surface area contributed by atoms with E-state index >= 15 is 0 Å². The molecule has 9 heteroatoms. The molecule has 1 aliphatic rings. The molecule has 0 bridgehead atoms. The van der Waals surface area contributed by atoms with Crippen LogP contribution in [0.5, 0.6) is 11.5 Å². The normalized spacial score (nSPS) is 13.5. The molecule has 0 spiro atoms. The van der Waals surface area contributed by atoms with Gasteiger partial charge in [0, 0.05) is 0 Å². The lowest BCUT2D eigenvalue weighted by Crippen LogP contribution is -2.11. The number of ether oxygens (including phenoxy) is 2. The van der Waals surface area contributed by atoms with Gasteiger partial charge in [-0.2, -0.15) is 13.2 Å². The topological polar surface area (TPSA) is 78.6 Å². The number of halogens is 3. The van der Waals surface area contributed by atoms with Gasteiger partial charge >= 0.3 is 6.18 Å². The van der Waals surface area contributed by atoms with Gasteiger partial charge in [0.15, 0.2) is 11.5 Å². The van der Waals surface area contributed by atoms with E-state index in [9.17, 15) is 21.6 Å². The van der Waals surface area contributed by atoms with E-state index in [0.717, 1.165) is 12.1 Å². The zero-order valence-electron chi connectivity index (χ0n) is 14.7. The van der Waals surface area contributed by atoms with Crippen LogP contribution in [-0.2, 0) is 16.2 Å². The molecule has 2 N–H and O–H groups in total. The molecule has 1 aliphatic heterocycles. The van der Waals surface area contributed by atoms with Gasteiger partial charge in [0.05, 0.1) is 10.5 Å². The second kappa shape index (κ2) is 6.78. The second-order valence-electron chi connectivity index (χ2n) is 6.40. The van der Waals surface area contributed by atoms with Gasteiger partial charge in [-0.3, -0.25) is 0 Å². The summed E-state index contributed by atoms with van der Waals surface area (Å²) in [6, 6.07) is 14.1. The van der Waals surface area contributed by atoms with Crippen molar-refractivity contribution in [2.24, 2.45) is 5.14 Å². The fraction of sp³-hybridized carbons (Fsp3) is 0.100. The van der Waals surface area contributed by atoms with Gasteiger partial charge in [-0.15, -0.1) is 0 Å². The average molecular weight is 421 g/mol. The van der Waals surface area contributed by atoms with Crippen LogP contribution in [0.4, 0.5) is 13.2 Å². The van der Waals surface area contributed by atoms with Crippen molar-refractivity contribution in [1.29, 1.82) is 0 Å². The Hall–Kier alpha value is -3.04. The summed E-state index contributed by atoms with van der Waals surface area (Å²) < 4.78 is 72.4. The van der Waals surface area contributed by atoms with Crippen LogP contribution in [0, 0.1) is 0 Å². The maximum absolute atomic E-state index is 12.9. The van der Waals surface area contributed by atoms with Crippen LogP contribution in [0.25, 0.3) is 22.3 Å². The number of nitrogens with two attached hydrogens (primary N) is 1. The van der Waals surface area contributed by atoms with Crippen LogP contribution < -0.4 is 14.6 Å². The van der Waals surface area contributed by atoms with Crippen LogP contribution in [-0.4, -0.2) is 15.2 Å². The number of rotatable bonds is 3. The van der Waals surface area contributed by atoms with E-state index in [1.54, 1.807) is 24.3 Å². The second-order valence-corrected chi connectivity index (χ2v) is 7.96. The van der Waals surface area contributed by atoms with Gasteiger partial charge in [-0.05, 0) is 58.7 Å². The first-order chi connectivity index (χ1) is 13.6. The average Bonchev–Trinajstić information content (AvgIpc) is 3.13. The lowest BCUT2D eigenvalue weighted by atomic mass is 9.93. The van der Waals surface area contributed by atoms with E-state index in [4.69, 9.17) is 14.6 Å². The zero-order chi connectivity index (χ0) is 20.8. The minimum atomic E-state index is -4.43. The van der Waals surface area contributed by atoms with E-state index in [1.165, 1.54) is 24.3 Å². The maximum atomic E-state index is 12.9. The highest BCUT2D eigenvalue weighted by atomic mass is 32.2. The number of fused-ring (bicyclic) bond motifs is 1. The zero-order valence-corrected chi connectivity index (χ0v) is 15.5. The molecule has 0 saturated heterocycles. The molecule has 29 heavy (non-hydrogen) atoms. The maximum Gasteiger partial charge on any atom is 0.416 e. The summed E-state index contributed by atoms with van der Waals surface area (Å²) in [6.07, 6.45) is -4.43. The van der Waals surface area contributed by atoms with E-state index in [1.807, 2.05) is 0 Å². The number of sulfonamides is 1. The summed E-state index contributed by atoms with van der Waals surface area (Å²) in [6.45, 7) is 0.0373. The number of primary sulfonamides is 1. The van der Waals surface area contributed by atoms with Crippen LogP contribution in [0.3, 0.4) is 0 Å². The molecule has 0 atom stereocenters. The van der Waals surface area contributed by atoms with Gasteiger partial charge in [-0.1, -0.05) is 24.3 Å². The van der Waals surface area contributed by atoms with Crippen molar-refractivity contribution in [3.8, 4) is 33.8 Å². The number of hydrogen-bond acceptors (Lipinski definition) is 4. The Kier molecular flexibility index (Phi) is 4.51. The summed E-state index contributed by atoms with van der Waals surface area (Å²) in [5.74, 6) is 0.969. The van der Waals surface area contributed by atoms with Gasteiger partial charge in [-0.25, -0.2) is 13.6 Å². The molecule has 0 unspecified atom stereocenters. The monoisotopic (exact) mass is 421 g/mol. The molecular formula is C20H14F3NO4S. The summed E-state index contributed by atoms with van der Waals surface area (Å²) >= 11 is 0.